The second kappa shape index (κ2) is 12.5. The van der Waals surface area contributed by atoms with E-state index in [1.165, 1.54) is 67.5 Å². The van der Waals surface area contributed by atoms with Crippen LogP contribution in [-0.2, 0) is 24.9 Å². The van der Waals surface area contributed by atoms with Gasteiger partial charge in [0, 0.05) is 37.8 Å². The standard InChI is InChI=1S/C30H28NO.C5H8O2.Ir/c1-18(2)27-17-31-29(23-13-12-21(16-24(23)27)20-8-4-5-9-20)26-15-19(3)14-25-22-10-6-7-11-28(22)32-30(25)26;1-4(6)3-5(2)7;/h6-7,10-14,16-18,20H,4-5,8-9H2,1-3H3;3,6H,1-2H3;/q-1;;/b;4-3-;. The molecule has 1 N–H and O–H groups in total. The number of aliphatic hydroxyl groups is 1. The first kappa shape index (κ1) is 29.7. The van der Waals surface area contributed by atoms with E-state index >= 15 is 0 Å². The van der Waals surface area contributed by atoms with Crippen LogP contribution in [0, 0.1) is 13.0 Å². The largest absolute Gasteiger partial charge is 0.512 e. The van der Waals surface area contributed by atoms with Gasteiger partial charge in [0.25, 0.3) is 0 Å². The molecular weight excluding hydrogens is 675 g/mol. The van der Waals surface area contributed by atoms with Crippen molar-refractivity contribution in [2.24, 2.45) is 0 Å². The number of ketones is 1. The fourth-order valence-electron chi connectivity index (χ4n) is 5.81. The van der Waals surface area contributed by atoms with E-state index in [-0.39, 0.29) is 31.6 Å². The Morgan fingerprint density at radius 2 is 1.75 bits per heavy atom. The molecule has 0 amide bonds. The molecule has 0 unspecified atom stereocenters. The number of aryl methyl sites for hydroxylation is 1. The second-order valence-corrected chi connectivity index (χ2v) is 11.1. The number of pyridine rings is 1. The zero-order valence-corrected chi connectivity index (χ0v) is 26.2. The van der Waals surface area contributed by atoms with Crippen molar-refractivity contribution in [3.63, 3.8) is 0 Å². The molecule has 2 heterocycles. The second-order valence-electron chi connectivity index (χ2n) is 11.1. The maximum Gasteiger partial charge on any atom is 0.155 e. The predicted octanol–water partition coefficient (Wildman–Crippen LogP) is 9.73. The predicted molar refractivity (Wildman–Crippen MR) is 160 cm³/mol. The maximum atomic E-state index is 10.0. The fraction of sp³-hybridized carbons (Fsp3) is 0.314. The normalized spacial score (nSPS) is 14.0. The molecular formula is C35H36IrNO3-. The van der Waals surface area contributed by atoms with Crippen LogP contribution in [0.5, 0.6) is 0 Å². The molecule has 0 aliphatic heterocycles. The van der Waals surface area contributed by atoms with Crippen molar-refractivity contribution in [1.82, 2.24) is 4.98 Å². The smallest absolute Gasteiger partial charge is 0.155 e. The van der Waals surface area contributed by atoms with Gasteiger partial charge in [0.2, 0.25) is 0 Å². The van der Waals surface area contributed by atoms with Gasteiger partial charge >= 0.3 is 0 Å². The maximum absolute atomic E-state index is 10.0. The summed E-state index contributed by atoms with van der Waals surface area (Å²) >= 11 is 0. The van der Waals surface area contributed by atoms with E-state index in [1.807, 2.05) is 12.1 Å². The molecule has 6 rings (SSSR count). The van der Waals surface area contributed by atoms with E-state index in [4.69, 9.17) is 14.5 Å². The molecule has 0 spiro atoms. The van der Waals surface area contributed by atoms with Gasteiger partial charge in [0.1, 0.15) is 5.58 Å². The van der Waals surface area contributed by atoms with Gasteiger partial charge in [-0.15, -0.1) is 17.7 Å². The van der Waals surface area contributed by atoms with Crippen molar-refractivity contribution in [3.05, 3.63) is 89.3 Å². The summed E-state index contributed by atoms with van der Waals surface area (Å²) in [5.74, 6) is 1.06. The van der Waals surface area contributed by atoms with Crippen molar-refractivity contribution in [3.8, 4) is 11.3 Å². The minimum atomic E-state index is -0.125. The molecule has 5 heteroatoms. The number of nitrogens with zero attached hydrogens (tertiary/aromatic N) is 1. The summed E-state index contributed by atoms with van der Waals surface area (Å²) in [6, 6.07) is 21.1. The number of aromatic nitrogens is 1. The molecule has 4 nitrogen and oxygen atoms in total. The minimum Gasteiger partial charge on any atom is -0.512 e. The summed E-state index contributed by atoms with van der Waals surface area (Å²) in [5, 5.41) is 13.2. The Hall–Kier alpha value is -3.27. The van der Waals surface area contributed by atoms with Crippen LogP contribution in [-0.4, -0.2) is 15.9 Å². The summed E-state index contributed by atoms with van der Waals surface area (Å²) in [7, 11) is 0. The Morgan fingerprint density at radius 1 is 1.02 bits per heavy atom. The van der Waals surface area contributed by atoms with Gasteiger partial charge < -0.3 is 14.5 Å². The number of hydrogen-bond acceptors (Lipinski definition) is 4. The summed E-state index contributed by atoms with van der Waals surface area (Å²) in [4.78, 5) is 15.0. The molecule has 1 saturated carbocycles. The monoisotopic (exact) mass is 711 g/mol. The topological polar surface area (TPSA) is 63.3 Å². The van der Waals surface area contributed by atoms with E-state index in [2.05, 4.69) is 69.4 Å². The average Bonchev–Trinajstić information content (AvgIpc) is 3.55. The van der Waals surface area contributed by atoms with Crippen LogP contribution >= 0.6 is 0 Å². The van der Waals surface area contributed by atoms with Gasteiger partial charge in [-0.05, 0) is 72.2 Å². The van der Waals surface area contributed by atoms with Crippen LogP contribution < -0.4 is 0 Å². The number of para-hydroxylation sites is 1. The van der Waals surface area contributed by atoms with Crippen molar-refractivity contribution in [1.29, 1.82) is 0 Å². The molecule has 1 aliphatic carbocycles. The quantitative estimate of drug-likeness (QED) is 0.115. The van der Waals surface area contributed by atoms with Gasteiger partial charge in [-0.25, -0.2) is 0 Å². The van der Waals surface area contributed by atoms with Crippen LogP contribution in [0.1, 0.15) is 81.9 Å². The number of benzene rings is 3. The van der Waals surface area contributed by atoms with Crippen LogP contribution in [0.4, 0.5) is 0 Å². The molecule has 1 radical (unpaired) electrons. The molecule has 209 valence electrons. The minimum absolute atomic E-state index is 0. The van der Waals surface area contributed by atoms with Crippen LogP contribution in [0.3, 0.4) is 0 Å². The first-order chi connectivity index (χ1) is 18.7. The van der Waals surface area contributed by atoms with Gasteiger partial charge in [-0.3, -0.25) is 4.79 Å². The van der Waals surface area contributed by atoms with E-state index in [0.717, 1.165) is 38.8 Å². The van der Waals surface area contributed by atoms with Crippen molar-refractivity contribution >= 4 is 38.5 Å². The summed E-state index contributed by atoms with van der Waals surface area (Å²) < 4.78 is 6.35. The third kappa shape index (κ3) is 6.06. The molecule has 3 aromatic carbocycles. The summed E-state index contributed by atoms with van der Waals surface area (Å²) in [6.07, 6.45) is 8.57. The first-order valence-electron chi connectivity index (χ1n) is 13.9. The molecule has 1 aliphatic rings. The van der Waals surface area contributed by atoms with E-state index in [1.54, 1.807) is 0 Å². The Balaban J connectivity index is 0.000000413. The molecule has 40 heavy (non-hydrogen) atoms. The van der Waals surface area contributed by atoms with Crippen LogP contribution in [0.25, 0.3) is 44.0 Å². The number of aliphatic hydroxyl groups excluding tert-OH is 1. The number of furan rings is 1. The van der Waals surface area contributed by atoms with Crippen LogP contribution in [0.15, 0.2) is 71.0 Å². The summed E-state index contributed by atoms with van der Waals surface area (Å²) in [5.41, 5.74) is 7.62. The van der Waals surface area contributed by atoms with Gasteiger partial charge in [-0.2, -0.15) is 0 Å². The number of hydrogen-bond donors (Lipinski definition) is 1. The Labute approximate surface area is 249 Å². The fourth-order valence-corrected chi connectivity index (χ4v) is 5.81. The van der Waals surface area contributed by atoms with E-state index in [0.29, 0.717) is 11.8 Å². The number of allylic oxidation sites excluding steroid dienone is 2. The molecule has 5 aromatic rings. The summed E-state index contributed by atoms with van der Waals surface area (Å²) in [6.45, 7) is 9.47. The molecule has 0 saturated heterocycles. The third-order valence-corrected chi connectivity index (χ3v) is 7.58. The van der Waals surface area contributed by atoms with Gasteiger partial charge in [0.05, 0.1) is 11.3 Å². The third-order valence-electron chi connectivity index (χ3n) is 7.58. The zero-order valence-electron chi connectivity index (χ0n) is 23.8. The molecule has 1 fully saturated rings. The SMILES string of the molecule is CC(=O)/C=C(/C)O.Cc1[c-]c(-c2ncc(C(C)C)c3cc(C4CCCC4)ccc23)c2oc3ccccc3c2c1.[Ir]. The van der Waals surface area contributed by atoms with Crippen molar-refractivity contribution in [2.45, 2.75) is 72.1 Å². The Bertz CT molecular complexity index is 1700. The van der Waals surface area contributed by atoms with Crippen molar-refractivity contribution < 1.29 is 34.4 Å². The Kier molecular flexibility index (Phi) is 9.28. The number of carbonyl (C=O) groups excluding carboxylic acids is 1. The number of fused-ring (bicyclic) bond motifs is 4. The van der Waals surface area contributed by atoms with E-state index in [9.17, 15) is 4.79 Å². The number of rotatable bonds is 4. The average molecular weight is 711 g/mol. The first-order valence-corrected chi connectivity index (χ1v) is 13.9. The van der Waals surface area contributed by atoms with Gasteiger partial charge in [0.15, 0.2) is 5.78 Å². The van der Waals surface area contributed by atoms with E-state index < -0.39 is 0 Å². The zero-order chi connectivity index (χ0) is 27.7. The Morgan fingerprint density at radius 3 is 2.40 bits per heavy atom. The van der Waals surface area contributed by atoms with Crippen molar-refractivity contribution in [2.75, 3.05) is 0 Å². The molecule has 2 aromatic heterocycles. The molecule has 0 bridgehead atoms. The van der Waals surface area contributed by atoms with Gasteiger partial charge in [-0.1, -0.05) is 81.0 Å². The number of carbonyl (C=O) groups is 1. The van der Waals surface area contributed by atoms with Crippen LogP contribution in [0.2, 0.25) is 0 Å². The molecule has 0 atom stereocenters.